The lowest BCUT2D eigenvalue weighted by Gasteiger charge is -2.33. The van der Waals surface area contributed by atoms with Gasteiger partial charge in [-0.2, -0.15) is 0 Å². The first-order chi connectivity index (χ1) is 19.7. The fraction of sp³-hybridized carbons (Fsp3) is 0.375. The first kappa shape index (κ1) is 30.1. The molecule has 218 valence electrons. The molecule has 4 rings (SSSR count). The van der Waals surface area contributed by atoms with Crippen molar-refractivity contribution >= 4 is 27.5 Å². The predicted molar refractivity (Wildman–Crippen MR) is 160 cm³/mol. The van der Waals surface area contributed by atoms with E-state index < -0.39 is 28.5 Å². The van der Waals surface area contributed by atoms with E-state index >= 15 is 0 Å². The van der Waals surface area contributed by atoms with Crippen LogP contribution in [-0.2, 0) is 26.2 Å². The molecule has 9 heteroatoms. The van der Waals surface area contributed by atoms with Crippen LogP contribution in [0.1, 0.15) is 50.2 Å². The Labute approximate surface area is 243 Å². The summed E-state index contributed by atoms with van der Waals surface area (Å²) in [7, 11) is -2.58. The van der Waals surface area contributed by atoms with E-state index in [1.165, 1.54) is 24.1 Å². The topological polar surface area (TPSA) is 96.0 Å². The van der Waals surface area contributed by atoms with E-state index in [-0.39, 0.29) is 23.4 Å². The predicted octanol–water partition coefficient (Wildman–Crippen LogP) is 5.07. The van der Waals surface area contributed by atoms with Crippen LogP contribution in [0.5, 0.6) is 5.75 Å². The second-order valence-corrected chi connectivity index (χ2v) is 12.4. The number of nitrogens with one attached hydrogen (secondary N) is 1. The van der Waals surface area contributed by atoms with Gasteiger partial charge in [-0.1, -0.05) is 67.3 Å². The number of carbonyl (C=O) groups is 2. The van der Waals surface area contributed by atoms with Crippen molar-refractivity contribution in [1.29, 1.82) is 0 Å². The molecule has 1 aliphatic carbocycles. The molecule has 1 atom stereocenters. The Morgan fingerprint density at radius 3 is 2.27 bits per heavy atom. The second-order valence-electron chi connectivity index (χ2n) is 10.6. The molecular weight excluding hydrogens is 538 g/mol. The van der Waals surface area contributed by atoms with Crippen LogP contribution in [0.15, 0.2) is 83.8 Å². The smallest absolute Gasteiger partial charge is 0.264 e. The van der Waals surface area contributed by atoms with Gasteiger partial charge < -0.3 is 15.0 Å². The third-order valence-corrected chi connectivity index (χ3v) is 9.31. The number of hydrogen-bond donors (Lipinski definition) is 1. The summed E-state index contributed by atoms with van der Waals surface area (Å²) < 4.78 is 34.1. The molecule has 0 unspecified atom stereocenters. The molecule has 1 fully saturated rings. The minimum absolute atomic E-state index is 0.0666. The number of benzene rings is 3. The van der Waals surface area contributed by atoms with Crippen molar-refractivity contribution < 1.29 is 22.7 Å². The van der Waals surface area contributed by atoms with Crippen molar-refractivity contribution in [2.45, 2.75) is 69.5 Å². The van der Waals surface area contributed by atoms with Crippen molar-refractivity contribution in [2.75, 3.05) is 18.0 Å². The quantitative estimate of drug-likeness (QED) is 0.344. The highest BCUT2D eigenvalue weighted by atomic mass is 32.2. The highest BCUT2D eigenvalue weighted by Crippen LogP contribution is 2.27. The number of rotatable bonds is 11. The number of sulfonamides is 1. The Bertz CT molecular complexity index is 1420. The zero-order valence-corrected chi connectivity index (χ0v) is 24.8. The highest BCUT2D eigenvalue weighted by Gasteiger charge is 2.33. The van der Waals surface area contributed by atoms with Crippen LogP contribution in [-0.4, -0.2) is 50.9 Å². The molecule has 1 saturated carbocycles. The fourth-order valence-corrected chi connectivity index (χ4v) is 6.59. The summed E-state index contributed by atoms with van der Waals surface area (Å²) in [6.45, 7) is 3.36. The number of ether oxygens (including phenoxy) is 1. The van der Waals surface area contributed by atoms with E-state index in [1.54, 1.807) is 49.4 Å². The van der Waals surface area contributed by atoms with E-state index in [4.69, 9.17) is 4.74 Å². The maximum Gasteiger partial charge on any atom is 0.264 e. The number of anilines is 1. The standard InChI is InChI=1S/C32H39N3O5S/c1-24-11-10-12-26(21-24)22-34(25(2)32(37)33-27-13-6-4-7-14-27)31(36)23-35(28-17-19-29(40-3)20-18-28)41(38,39)30-15-8-5-9-16-30/h5,8-12,15-21,25,27H,4,6-7,13-14,22-23H2,1-3H3,(H,33,37)/t25-/m0/s1. The van der Waals surface area contributed by atoms with Crippen LogP contribution in [0.2, 0.25) is 0 Å². The van der Waals surface area contributed by atoms with E-state index in [0.29, 0.717) is 11.4 Å². The van der Waals surface area contributed by atoms with Gasteiger partial charge in [0.25, 0.3) is 10.0 Å². The lowest BCUT2D eigenvalue weighted by atomic mass is 9.95. The summed E-state index contributed by atoms with van der Waals surface area (Å²) in [6, 6.07) is 21.6. The number of nitrogens with zero attached hydrogens (tertiary/aromatic N) is 2. The van der Waals surface area contributed by atoms with Crippen LogP contribution in [0.25, 0.3) is 0 Å². The van der Waals surface area contributed by atoms with Crippen LogP contribution < -0.4 is 14.4 Å². The zero-order chi connectivity index (χ0) is 29.4. The Balaban J connectivity index is 1.67. The van der Waals surface area contributed by atoms with Crippen LogP contribution in [0.3, 0.4) is 0 Å². The molecule has 1 N–H and O–H groups in total. The number of amides is 2. The molecule has 0 spiro atoms. The van der Waals surface area contributed by atoms with Crippen molar-refractivity contribution in [3.63, 3.8) is 0 Å². The van der Waals surface area contributed by atoms with Crippen LogP contribution in [0, 0.1) is 6.92 Å². The fourth-order valence-electron chi connectivity index (χ4n) is 5.16. The Kier molecular flexibility index (Phi) is 10.0. The van der Waals surface area contributed by atoms with Crippen molar-refractivity contribution in [3.05, 3.63) is 90.0 Å². The van der Waals surface area contributed by atoms with Crippen LogP contribution in [0.4, 0.5) is 5.69 Å². The van der Waals surface area contributed by atoms with E-state index in [0.717, 1.165) is 47.5 Å². The molecule has 0 bridgehead atoms. The minimum Gasteiger partial charge on any atom is -0.497 e. The maximum absolute atomic E-state index is 14.1. The summed E-state index contributed by atoms with van der Waals surface area (Å²) in [5.74, 6) is -0.154. The van der Waals surface area contributed by atoms with Gasteiger partial charge >= 0.3 is 0 Å². The van der Waals surface area contributed by atoms with Crippen molar-refractivity contribution in [1.82, 2.24) is 10.2 Å². The summed E-state index contributed by atoms with van der Waals surface area (Å²) in [5, 5.41) is 3.13. The number of aryl methyl sites for hydroxylation is 1. The van der Waals surface area contributed by atoms with Gasteiger partial charge in [0.2, 0.25) is 11.8 Å². The average molecular weight is 578 g/mol. The highest BCUT2D eigenvalue weighted by molar-refractivity contribution is 7.92. The van der Waals surface area contributed by atoms with Crippen molar-refractivity contribution in [3.8, 4) is 5.75 Å². The zero-order valence-electron chi connectivity index (χ0n) is 24.0. The van der Waals surface area contributed by atoms with Crippen LogP contribution >= 0.6 is 0 Å². The lowest BCUT2D eigenvalue weighted by Crippen LogP contribution is -2.53. The molecule has 0 heterocycles. The Hall–Kier alpha value is -3.85. The molecule has 3 aromatic rings. The lowest BCUT2D eigenvalue weighted by molar-refractivity contribution is -0.139. The average Bonchev–Trinajstić information content (AvgIpc) is 2.99. The maximum atomic E-state index is 14.1. The number of methoxy groups -OCH3 is 1. The van der Waals surface area contributed by atoms with Gasteiger partial charge in [-0.05, 0) is 68.7 Å². The van der Waals surface area contributed by atoms with Crippen molar-refractivity contribution in [2.24, 2.45) is 0 Å². The first-order valence-electron chi connectivity index (χ1n) is 14.1. The van der Waals surface area contributed by atoms with E-state index in [1.807, 2.05) is 31.2 Å². The van der Waals surface area contributed by atoms with Gasteiger partial charge in [-0.3, -0.25) is 13.9 Å². The van der Waals surface area contributed by atoms with E-state index in [9.17, 15) is 18.0 Å². The van der Waals surface area contributed by atoms with Gasteiger partial charge in [0, 0.05) is 12.6 Å². The number of hydrogen-bond acceptors (Lipinski definition) is 5. The normalized spacial score (nSPS) is 14.6. The Morgan fingerprint density at radius 1 is 0.951 bits per heavy atom. The molecule has 0 aliphatic heterocycles. The molecule has 0 aromatic heterocycles. The largest absolute Gasteiger partial charge is 0.497 e. The monoisotopic (exact) mass is 577 g/mol. The third-order valence-electron chi connectivity index (χ3n) is 7.52. The third kappa shape index (κ3) is 7.67. The second kappa shape index (κ2) is 13.7. The van der Waals surface area contributed by atoms with Gasteiger partial charge in [0.15, 0.2) is 0 Å². The molecule has 41 heavy (non-hydrogen) atoms. The van der Waals surface area contributed by atoms with Gasteiger partial charge in [0.05, 0.1) is 17.7 Å². The van der Waals surface area contributed by atoms with E-state index in [2.05, 4.69) is 5.32 Å². The molecule has 0 radical (unpaired) electrons. The molecule has 2 amide bonds. The summed E-state index contributed by atoms with van der Waals surface area (Å²) in [6.07, 6.45) is 5.14. The SMILES string of the molecule is COc1ccc(N(CC(=O)N(Cc2cccc(C)c2)[C@@H](C)C(=O)NC2CCCCC2)S(=O)(=O)c2ccccc2)cc1. The molecule has 1 aliphatic rings. The minimum atomic E-state index is -4.11. The Morgan fingerprint density at radius 2 is 1.63 bits per heavy atom. The molecule has 8 nitrogen and oxygen atoms in total. The van der Waals surface area contributed by atoms with Gasteiger partial charge in [-0.15, -0.1) is 0 Å². The number of carbonyl (C=O) groups excluding carboxylic acids is 2. The first-order valence-corrected chi connectivity index (χ1v) is 15.5. The molecule has 3 aromatic carbocycles. The summed E-state index contributed by atoms with van der Waals surface area (Å²) >= 11 is 0. The summed E-state index contributed by atoms with van der Waals surface area (Å²) in [4.78, 5) is 29.0. The molecule has 0 saturated heterocycles. The molecular formula is C32H39N3O5S. The van der Waals surface area contributed by atoms with Gasteiger partial charge in [-0.25, -0.2) is 8.42 Å². The van der Waals surface area contributed by atoms with Gasteiger partial charge in [0.1, 0.15) is 18.3 Å². The summed E-state index contributed by atoms with van der Waals surface area (Å²) in [5.41, 5.74) is 2.20.